The Morgan fingerprint density at radius 2 is 2.00 bits per heavy atom. The van der Waals surface area contributed by atoms with E-state index in [1.807, 2.05) is 6.07 Å². The van der Waals surface area contributed by atoms with Crippen molar-refractivity contribution in [3.8, 4) is 0 Å². The summed E-state index contributed by atoms with van der Waals surface area (Å²) in [5.41, 5.74) is 12.5. The van der Waals surface area contributed by atoms with Gasteiger partial charge in [-0.3, -0.25) is 4.90 Å². The molecule has 2 N–H and O–H groups in total. The molecule has 0 saturated heterocycles. The predicted molar refractivity (Wildman–Crippen MR) is 79.9 cm³/mol. The molecule has 2 heteroatoms. The van der Waals surface area contributed by atoms with E-state index in [0.29, 0.717) is 0 Å². The summed E-state index contributed by atoms with van der Waals surface area (Å²) < 4.78 is 0. The number of hydrogen-bond donors (Lipinski definition) is 1. The van der Waals surface area contributed by atoms with Crippen molar-refractivity contribution in [2.75, 3.05) is 12.3 Å². The van der Waals surface area contributed by atoms with Crippen LogP contribution >= 0.6 is 0 Å². The van der Waals surface area contributed by atoms with Gasteiger partial charge in [-0.05, 0) is 36.1 Å². The molecule has 1 aliphatic rings. The van der Waals surface area contributed by atoms with Crippen molar-refractivity contribution in [1.29, 1.82) is 0 Å². The van der Waals surface area contributed by atoms with E-state index in [2.05, 4.69) is 48.2 Å². The quantitative estimate of drug-likeness (QED) is 0.832. The monoisotopic (exact) mass is 252 g/mol. The van der Waals surface area contributed by atoms with Gasteiger partial charge >= 0.3 is 0 Å². The van der Waals surface area contributed by atoms with Crippen LogP contribution in [0.4, 0.5) is 5.69 Å². The highest BCUT2D eigenvalue weighted by atomic mass is 15.1. The first-order chi connectivity index (χ1) is 9.22. The van der Waals surface area contributed by atoms with Gasteiger partial charge in [-0.1, -0.05) is 42.0 Å². The fourth-order valence-corrected chi connectivity index (χ4v) is 2.87. The fourth-order valence-electron chi connectivity index (χ4n) is 2.87. The molecular weight excluding hydrogens is 232 g/mol. The molecule has 0 fully saturated rings. The molecule has 98 valence electrons. The lowest BCUT2D eigenvalue weighted by Crippen LogP contribution is -2.30. The third-order valence-corrected chi connectivity index (χ3v) is 3.88. The lowest BCUT2D eigenvalue weighted by molar-refractivity contribution is 0.246. The second kappa shape index (κ2) is 5.06. The van der Waals surface area contributed by atoms with Crippen LogP contribution in [0.1, 0.15) is 22.3 Å². The van der Waals surface area contributed by atoms with Crippen molar-refractivity contribution in [2.45, 2.75) is 26.4 Å². The number of nitrogens with zero attached hydrogens (tertiary/aromatic N) is 1. The van der Waals surface area contributed by atoms with Crippen molar-refractivity contribution in [2.24, 2.45) is 0 Å². The third-order valence-electron chi connectivity index (χ3n) is 3.88. The van der Waals surface area contributed by atoms with E-state index < -0.39 is 0 Å². The van der Waals surface area contributed by atoms with Crippen molar-refractivity contribution >= 4 is 5.69 Å². The Kier molecular flexibility index (Phi) is 3.26. The number of nitrogen functional groups attached to an aromatic ring is 1. The van der Waals surface area contributed by atoms with Crippen LogP contribution in [0.2, 0.25) is 0 Å². The molecular formula is C17H20N2. The van der Waals surface area contributed by atoms with Crippen LogP contribution in [-0.2, 0) is 19.5 Å². The Bertz CT molecular complexity index is 590. The van der Waals surface area contributed by atoms with E-state index in [-0.39, 0.29) is 0 Å². The normalized spacial score (nSPS) is 15.2. The molecule has 0 saturated carbocycles. The van der Waals surface area contributed by atoms with Crippen molar-refractivity contribution < 1.29 is 0 Å². The smallest absolute Gasteiger partial charge is 0.0362 e. The summed E-state index contributed by atoms with van der Waals surface area (Å²) in [6, 6.07) is 15.0. The first-order valence-corrected chi connectivity index (χ1v) is 6.86. The standard InChI is InChI=1S/C17H20N2/c1-13-4-2-5-14(10-13)11-19-9-8-15-6-3-7-17(18)16(15)12-19/h2-7,10H,8-9,11-12,18H2,1H3. The SMILES string of the molecule is Cc1cccc(CN2CCc3cccc(N)c3C2)c1. The molecule has 0 aromatic heterocycles. The van der Waals surface area contributed by atoms with Gasteiger partial charge in [0.2, 0.25) is 0 Å². The Labute approximate surface area is 114 Å². The average molecular weight is 252 g/mol. The molecule has 0 atom stereocenters. The Hall–Kier alpha value is -1.80. The number of benzene rings is 2. The third kappa shape index (κ3) is 2.64. The molecule has 0 bridgehead atoms. The van der Waals surface area contributed by atoms with Gasteiger partial charge in [0, 0.05) is 25.3 Å². The van der Waals surface area contributed by atoms with E-state index in [4.69, 9.17) is 5.73 Å². The van der Waals surface area contributed by atoms with Crippen LogP contribution in [0.3, 0.4) is 0 Å². The van der Waals surface area contributed by atoms with Gasteiger partial charge in [0.1, 0.15) is 0 Å². The molecule has 1 aliphatic heterocycles. The molecule has 3 rings (SSSR count). The summed E-state index contributed by atoms with van der Waals surface area (Å²) >= 11 is 0. The van der Waals surface area contributed by atoms with E-state index in [1.165, 1.54) is 22.3 Å². The topological polar surface area (TPSA) is 29.3 Å². The van der Waals surface area contributed by atoms with Gasteiger partial charge < -0.3 is 5.73 Å². The highest BCUT2D eigenvalue weighted by Gasteiger charge is 2.17. The van der Waals surface area contributed by atoms with Gasteiger partial charge in [0.15, 0.2) is 0 Å². The van der Waals surface area contributed by atoms with E-state index in [9.17, 15) is 0 Å². The highest BCUT2D eigenvalue weighted by molar-refractivity contribution is 5.51. The number of rotatable bonds is 2. The number of anilines is 1. The van der Waals surface area contributed by atoms with Crippen LogP contribution in [0, 0.1) is 6.92 Å². The number of fused-ring (bicyclic) bond motifs is 1. The number of nitrogens with two attached hydrogens (primary N) is 1. The largest absolute Gasteiger partial charge is 0.398 e. The average Bonchev–Trinajstić information content (AvgIpc) is 2.40. The zero-order chi connectivity index (χ0) is 13.2. The summed E-state index contributed by atoms with van der Waals surface area (Å²) in [5, 5.41) is 0. The molecule has 0 spiro atoms. The lowest BCUT2D eigenvalue weighted by Gasteiger charge is -2.29. The summed E-state index contributed by atoms with van der Waals surface area (Å²) in [4.78, 5) is 2.48. The van der Waals surface area contributed by atoms with E-state index in [1.54, 1.807) is 0 Å². The van der Waals surface area contributed by atoms with E-state index >= 15 is 0 Å². The molecule has 19 heavy (non-hydrogen) atoms. The zero-order valence-electron chi connectivity index (χ0n) is 11.4. The molecule has 2 aromatic carbocycles. The van der Waals surface area contributed by atoms with Crippen molar-refractivity contribution in [3.63, 3.8) is 0 Å². The Balaban J connectivity index is 1.77. The van der Waals surface area contributed by atoms with E-state index in [0.717, 1.165) is 31.7 Å². The first-order valence-electron chi connectivity index (χ1n) is 6.86. The first kappa shape index (κ1) is 12.2. The maximum absolute atomic E-state index is 6.09. The predicted octanol–water partition coefficient (Wildman–Crippen LogP) is 3.14. The van der Waals surface area contributed by atoms with Gasteiger partial charge in [-0.15, -0.1) is 0 Å². The van der Waals surface area contributed by atoms with Gasteiger partial charge in [0.05, 0.1) is 0 Å². The lowest BCUT2D eigenvalue weighted by atomic mass is 9.97. The molecule has 2 aromatic rings. The fraction of sp³-hybridized carbons (Fsp3) is 0.294. The summed E-state index contributed by atoms with van der Waals surface area (Å²) in [7, 11) is 0. The van der Waals surface area contributed by atoms with Crippen LogP contribution in [-0.4, -0.2) is 11.4 Å². The molecule has 0 amide bonds. The molecule has 1 heterocycles. The second-order valence-corrected chi connectivity index (χ2v) is 5.43. The number of hydrogen-bond acceptors (Lipinski definition) is 2. The number of aryl methyl sites for hydroxylation is 1. The second-order valence-electron chi connectivity index (χ2n) is 5.43. The summed E-state index contributed by atoms with van der Waals surface area (Å²) in [6.45, 7) is 5.24. The van der Waals surface area contributed by atoms with Crippen LogP contribution in [0.5, 0.6) is 0 Å². The maximum Gasteiger partial charge on any atom is 0.0362 e. The van der Waals surface area contributed by atoms with Crippen molar-refractivity contribution in [1.82, 2.24) is 4.90 Å². The Morgan fingerprint density at radius 1 is 1.16 bits per heavy atom. The van der Waals surface area contributed by atoms with Crippen LogP contribution in [0.15, 0.2) is 42.5 Å². The minimum absolute atomic E-state index is 0.937. The molecule has 0 unspecified atom stereocenters. The minimum Gasteiger partial charge on any atom is -0.398 e. The molecule has 0 radical (unpaired) electrons. The highest BCUT2D eigenvalue weighted by Crippen LogP contribution is 2.25. The zero-order valence-corrected chi connectivity index (χ0v) is 11.4. The Morgan fingerprint density at radius 3 is 2.84 bits per heavy atom. The summed E-state index contributed by atoms with van der Waals surface area (Å²) in [6.07, 6.45) is 1.10. The van der Waals surface area contributed by atoms with Crippen LogP contribution < -0.4 is 5.73 Å². The van der Waals surface area contributed by atoms with Crippen LogP contribution in [0.25, 0.3) is 0 Å². The molecule has 0 aliphatic carbocycles. The van der Waals surface area contributed by atoms with Crippen molar-refractivity contribution in [3.05, 3.63) is 64.7 Å². The van der Waals surface area contributed by atoms with Gasteiger partial charge in [0.25, 0.3) is 0 Å². The maximum atomic E-state index is 6.09. The van der Waals surface area contributed by atoms with Gasteiger partial charge in [-0.2, -0.15) is 0 Å². The molecule has 2 nitrogen and oxygen atoms in total. The minimum atomic E-state index is 0.937. The van der Waals surface area contributed by atoms with Gasteiger partial charge in [-0.25, -0.2) is 0 Å². The summed E-state index contributed by atoms with van der Waals surface area (Å²) in [5.74, 6) is 0.